The van der Waals surface area contributed by atoms with Gasteiger partial charge in [0.1, 0.15) is 12.1 Å². The summed E-state index contributed by atoms with van der Waals surface area (Å²) in [7, 11) is 0. The van der Waals surface area contributed by atoms with Gasteiger partial charge >= 0.3 is 0 Å². The van der Waals surface area contributed by atoms with Gasteiger partial charge in [-0.3, -0.25) is 0 Å². The molecule has 2 heteroatoms. The van der Waals surface area contributed by atoms with Crippen molar-refractivity contribution in [3.05, 3.63) is 48.6 Å². The van der Waals surface area contributed by atoms with Gasteiger partial charge in [-0.1, -0.05) is 36.4 Å². The normalized spacial score (nSPS) is 27.1. The Kier molecular flexibility index (Phi) is 5.17. The molecule has 19 heavy (non-hydrogen) atoms. The lowest BCUT2D eigenvalue weighted by Crippen LogP contribution is -3.15. The van der Waals surface area contributed by atoms with Crippen molar-refractivity contribution in [2.45, 2.75) is 38.3 Å². The smallest absolute Gasteiger partial charge is 0.111 e. The van der Waals surface area contributed by atoms with Crippen molar-refractivity contribution in [3.63, 3.8) is 0 Å². The molecule has 104 valence electrons. The highest BCUT2D eigenvalue weighted by Gasteiger charge is 2.38. The van der Waals surface area contributed by atoms with Crippen molar-refractivity contribution < 1.29 is 10.2 Å². The Morgan fingerprint density at radius 2 is 1.95 bits per heavy atom. The van der Waals surface area contributed by atoms with Crippen LogP contribution in [0.2, 0.25) is 0 Å². The van der Waals surface area contributed by atoms with E-state index in [2.05, 4.69) is 55.2 Å². The minimum absolute atomic E-state index is 0.399. The van der Waals surface area contributed by atoms with E-state index in [4.69, 9.17) is 0 Å². The monoisotopic (exact) mass is 260 g/mol. The number of rotatable bonds is 6. The molecule has 1 aromatic rings. The summed E-state index contributed by atoms with van der Waals surface area (Å²) in [5, 5.41) is 2.57. The zero-order chi connectivity index (χ0) is 13.6. The predicted octanol–water partition coefficient (Wildman–Crippen LogP) is 0.764. The molecule has 0 unspecified atom stereocenters. The third-order valence-electron chi connectivity index (χ3n) is 4.62. The van der Waals surface area contributed by atoms with Gasteiger partial charge in [-0.05, 0) is 6.92 Å². The summed E-state index contributed by atoms with van der Waals surface area (Å²) >= 11 is 0. The van der Waals surface area contributed by atoms with E-state index in [1.807, 2.05) is 0 Å². The zero-order valence-electron chi connectivity index (χ0n) is 12.2. The predicted molar refractivity (Wildman–Crippen MR) is 80.1 cm³/mol. The second-order valence-electron chi connectivity index (χ2n) is 5.85. The second kappa shape index (κ2) is 6.88. The van der Waals surface area contributed by atoms with Crippen LogP contribution in [0.15, 0.2) is 43.0 Å². The Morgan fingerprint density at radius 3 is 2.53 bits per heavy atom. The van der Waals surface area contributed by atoms with Crippen LogP contribution in [0.3, 0.4) is 0 Å². The Labute approximate surface area is 117 Å². The first-order valence-corrected chi connectivity index (χ1v) is 7.61. The summed E-state index contributed by atoms with van der Waals surface area (Å²) in [4.78, 5) is 1.76. The lowest BCUT2D eigenvalue weighted by molar-refractivity contribution is -0.916. The lowest BCUT2D eigenvalue weighted by atomic mass is 9.84. The molecule has 0 amide bonds. The quantitative estimate of drug-likeness (QED) is 0.705. The average Bonchev–Trinajstić information content (AvgIpc) is 2.48. The van der Waals surface area contributed by atoms with Gasteiger partial charge in [0.05, 0.1) is 32.5 Å². The summed E-state index contributed by atoms with van der Waals surface area (Å²) in [5.74, 6) is 0. The minimum atomic E-state index is 0.399. The van der Waals surface area contributed by atoms with E-state index in [-0.39, 0.29) is 0 Å². The molecule has 0 bridgehead atoms. The molecular formula is C17H28N2+2. The van der Waals surface area contributed by atoms with Crippen LogP contribution < -0.4 is 10.2 Å². The Morgan fingerprint density at radius 1 is 1.26 bits per heavy atom. The molecule has 0 atom stereocenters. The summed E-state index contributed by atoms with van der Waals surface area (Å²) < 4.78 is 0. The highest BCUT2D eigenvalue weighted by molar-refractivity contribution is 5.13. The van der Waals surface area contributed by atoms with Crippen LogP contribution in [0.4, 0.5) is 0 Å². The van der Waals surface area contributed by atoms with E-state index >= 15 is 0 Å². The number of benzene rings is 1. The second-order valence-corrected chi connectivity index (χ2v) is 5.85. The van der Waals surface area contributed by atoms with E-state index < -0.39 is 0 Å². The van der Waals surface area contributed by atoms with Gasteiger partial charge in [-0.25, -0.2) is 0 Å². The van der Waals surface area contributed by atoms with Crippen molar-refractivity contribution in [2.24, 2.45) is 0 Å². The number of piperidine rings is 1. The highest BCUT2D eigenvalue weighted by Crippen LogP contribution is 2.17. The number of hydrogen-bond acceptors (Lipinski definition) is 0. The summed E-state index contributed by atoms with van der Waals surface area (Å²) in [6.45, 7) is 11.3. The maximum atomic E-state index is 3.97. The number of hydrogen-bond donors (Lipinski definition) is 2. The fraction of sp³-hybridized carbons (Fsp3) is 0.529. The first-order chi connectivity index (χ1) is 9.28. The molecule has 1 fully saturated rings. The molecule has 1 saturated heterocycles. The Hall–Kier alpha value is -1.12. The molecule has 3 N–H and O–H groups in total. The molecule has 2 nitrogen and oxygen atoms in total. The molecule has 1 aliphatic heterocycles. The molecule has 1 aromatic carbocycles. The third kappa shape index (κ3) is 3.92. The molecule has 0 spiro atoms. The molecule has 1 heterocycles. The van der Waals surface area contributed by atoms with Crippen LogP contribution in [0, 0.1) is 0 Å². The Balaban J connectivity index is 1.94. The molecule has 0 saturated carbocycles. The van der Waals surface area contributed by atoms with Crippen molar-refractivity contribution in [1.82, 2.24) is 0 Å². The van der Waals surface area contributed by atoms with Gasteiger partial charge in [0.15, 0.2) is 0 Å². The minimum Gasteiger partial charge on any atom is -0.337 e. The van der Waals surface area contributed by atoms with Crippen LogP contribution in [0.1, 0.15) is 31.7 Å². The average molecular weight is 260 g/mol. The first-order valence-electron chi connectivity index (χ1n) is 7.61. The molecular weight excluding hydrogens is 232 g/mol. The number of nitrogens with two attached hydrogens (primary N) is 1. The molecule has 2 rings (SSSR count). The van der Waals surface area contributed by atoms with Crippen LogP contribution in [-0.2, 0) is 6.54 Å². The lowest BCUT2D eigenvalue weighted by Gasteiger charge is -2.37. The Bertz CT molecular complexity index is 378. The summed E-state index contributed by atoms with van der Waals surface area (Å²) in [6.07, 6.45) is 5.87. The largest absolute Gasteiger partial charge is 0.337 e. The van der Waals surface area contributed by atoms with Crippen molar-refractivity contribution >= 4 is 0 Å². The van der Waals surface area contributed by atoms with Crippen molar-refractivity contribution in [1.29, 1.82) is 0 Å². The maximum absolute atomic E-state index is 3.97. The van der Waals surface area contributed by atoms with Crippen molar-refractivity contribution in [2.75, 3.05) is 19.6 Å². The van der Waals surface area contributed by atoms with Crippen LogP contribution >= 0.6 is 0 Å². The highest BCUT2D eigenvalue weighted by atomic mass is 15.1. The number of likely N-dealkylation sites (tertiary alicyclic amines) is 1. The maximum Gasteiger partial charge on any atom is 0.111 e. The topological polar surface area (TPSA) is 21.1 Å². The van der Waals surface area contributed by atoms with Crippen molar-refractivity contribution in [3.8, 4) is 0 Å². The van der Waals surface area contributed by atoms with E-state index in [1.54, 1.807) is 4.90 Å². The zero-order valence-corrected chi connectivity index (χ0v) is 12.2. The fourth-order valence-corrected chi connectivity index (χ4v) is 3.18. The van der Waals surface area contributed by atoms with E-state index in [9.17, 15) is 0 Å². The van der Waals surface area contributed by atoms with E-state index in [0.717, 1.165) is 13.0 Å². The van der Waals surface area contributed by atoms with Gasteiger partial charge in [-0.2, -0.15) is 0 Å². The standard InChI is InChI=1S/C17H26N2/c1-3-10-17(11-13-19(4-2)14-12-17)18-15-16-8-6-5-7-9-16/h3,5-9,18H,1,4,10-15H2,2H3/p+2. The molecule has 1 aliphatic rings. The SMILES string of the molecule is C=CCC1([NH2+]Cc2ccccc2)CC[NH+](CC)CC1. The molecule has 0 radical (unpaired) electrons. The molecule has 0 aromatic heterocycles. The van der Waals surface area contributed by atoms with Gasteiger partial charge < -0.3 is 10.2 Å². The van der Waals surface area contributed by atoms with Gasteiger partial charge in [-0.15, -0.1) is 6.58 Å². The summed E-state index contributed by atoms with van der Waals surface area (Å²) in [5.41, 5.74) is 1.83. The van der Waals surface area contributed by atoms with Gasteiger partial charge in [0.25, 0.3) is 0 Å². The molecule has 0 aliphatic carbocycles. The van der Waals surface area contributed by atoms with Crippen LogP contribution in [0.5, 0.6) is 0 Å². The number of nitrogens with one attached hydrogen (secondary N) is 1. The van der Waals surface area contributed by atoms with Gasteiger partial charge in [0, 0.05) is 12.0 Å². The van der Waals surface area contributed by atoms with Gasteiger partial charge in [0.2, 0.25) is 0 Å². The van der Waals surface area contributed by atoms with E-state index in [0.29, 0.717) is 5.54 Å². The summed E-state index contributed by atoms with van der Waals surface area (Å²) in [6, 6.07) is 10.8. The fourth-order valence-electron chi connectivity index (χ4n) is 3.18. The third-order valence-corrected chi connectivity index (χ3v) is 4.62. The van der Waals surface area contributed by atoms with Crippen LogP contribution in [-0.4, -0.2) is 25.2 Å². The van der Waals surface area contributed by atoms with E-state index in [1.165, 1.54) is 38.0 Å². The van der Waals surface area contributed by atoms with Crippen LogP contribution in [0.25, 0.3) is 0 Å². The number of quaternary nitrogens is 2. The first kappa shape index (κ1) is 14.3.